The van der Waals surface area contributed by atoms with Crippen LogP contribution < -0.4 is 5.73 Å². The zero-order valence-corrected chi connectivity index (χ0v) is 18.4. The van der Waals surface area contributed by atoms with Gasteiger partial charge in [0.25, 0.3) is 0 Å². The molecule has 1 unspecified atom stereocenters. The number of ether oxygens (including phenoxy) is 1. The van der Waals surface area contributed by atoms with Crippen molar-refractivity contribution in [2.75, 3.05) is 12.3 Å². The average molecular weight is 521 g/mol. The Bertz CT molecular complexity index is 1120. The minimum absolute atomic E-state index is 0.0231. The van der Waals surface area contributed by atoms with Crippen molar-refractivity contribution < 1.29 is 54.4 Å². The van der Waals surface area contributed by atoms with Gasteiger partial charge in [0.05, 0.1) is 19.0 Å². The molecule has 2 aromatic heterocycles. The van der Waals surface area contributed by atoms with E-state index in [1.54, 1.807) is 0 Å². The molecule has 2 aromatic rings. The Morgan fingerprint density at radius 3 is 2.71 bits per heavy atom. The maximum atomic E-state index is 12.5. The highest BCUT2D eigenvalue weighted by molar-refractivity contribution is 8.03. The van der Waals surface area contributed by atoms with E-state index in [1.807, 2.05) is 0 Å². The van der Waals surface area contributed by atoms with Gasteiger partial charge in [-0.25, -0.2) is 28.6 Å². The van der Waals surface area contributed by atoms with Gasteiger partial charge in [-0.2, -0.15) is 16.6 Å². The predicted molar refractivity (Wildman–Crippen MR) is 99.4 cm³/mol. The highest BCUT2D eigenvalue weighted by Crippen LogP contribution is 2.76. The average Bonchev–Trinajstić information content (AvgIpc) is 3.21. The van der Waals surface area contributed by atoms with Gasteiger partial charge in [0, 0.05) is 6.42 Å². The van der Waals surface area contributed by atoms with E-state index < -0.39 is 48.5 Å². The predicted octanol–water partition coefficient (Wildman–Crippen LogP) is 1.03. The van der Waals surface area contributed by atoms with Crippen molar-refractivity contribution >= 4 is 52.8 Å². The van der Waals surface area contributed by atoms with E-state index in [-0.39, 0.29) is 24.6 Å². The van der Waals surface area contributed by atoms with E-state index in [9.17, 15) is 18.8 Å². The lowest BCUT2D eigenvalue weighted by Crippen LogP contribution is -2.26. The van der Waals surface area contributed by atoms with Gasteiger partial charge in [0.15, 0.2) is 23.8 Å². The van der Waals surface area contributed by atoms with E-state index in [2.05, 4.69) is 31.5 Å². The van der Waals surface area contributed by atoms with Crippen LogP contribution in [0.15, 0.2) is 12.7 Å². The summed E-state index contributed by atoms with van der Waals surface area (Å²) < 4.78 is 64.6. The summed E-state index contributed by atoms with van der Waals surface area (Å²) in [6, 6.07) is 0. The molecule has 17 nitrogen and oxygen atoms in total. The molecule has 0 radical (unpaired) electrons. The van der Waals surface area contributed by atoms with Gasteiger partial charge in [0.2, 0.25) is 0 Å². The quantitative estimate of drug-likeness (QED) is 0.280. The first kappa shape index (κ1) is 23.2. The second-order valence-corrected chi connectivity index (χ2v) is 11.7. The molecule has 0 bridgehead atoms. The molecule has 0 aliphatic carbocycles. The molecule has 0 amide bonds. The summed E-state index contributed by atoms with van der Waals surface area (Å²) in [6.45, 7) is -0.730. The lowest BCUT2D eigenvalue weighted by atomic mass is 10.2. The Hall–Kier alpha value is -0.970. The maximum Gasteiger partial charge on any atom is 0.509 e. The summed E-state index contributed by atoms with van der Waals surface area (Å²) in [4.78, 5) is 29.8. The normalized spacial score (nSPS) is 27.8. The molecular formula is C10H14N5O12P3S. The number of anilines is 1. The SMILES string of the molecule is Nc1ncnc2c1ncn2[C@H]1C[C@H](O)[C@@H](COP(=O)(OP(=O)(O)O)OP2(=O)OSO2)O1. The number of rotatable bonds is 8. The van der Waals surface area contributed by atoms with Crippen LogP contribution in [0.5, 0.6) is 0 Å². The highest BCUT2D eigenvalue weighted by atomic mass is 32.2. The summed E-state index contributed by atoms with van der Waals surface area (Å²) in [5.41, 5.74) is 6.38. The molecule has 2 fully saturated rings. The van der Waals surface area contributed by atoms with Crippen LogP contribution in [0, 0.1) is 0 Å². The smallest absolute Gasteiger partial charge is 0.390 e. The lowest BCUT2D eigenvalue weighted by Gasteiger charge is -2.26. The lowest BCUT2D eigenvalue weighted by molar-refractivity contribution is -0.0422. The van der Waals surface area contributed by atoms with Crippen molar-refractivity contribution in [1.82, 2.24) is 19.5 Å². The number of phosphoric acid groups is 3. The van der Waals surface area contributed by atoms with Crippen LogP contribution in [0.25, 0.3) is 11.2 Å². The van der Waals surface area contributed by atoms with E-state index in [4.69, 9.17) is 24.8 Å². The molecule has 5 N–H and O–H groups in total. The van der Waals surface area contributed by atoms with E-state index in [1.165, 1.54) is 17.2 Å². The molecule has 4 heterocycles. The summed E-state index contributed by atoms with van der Waals surface area (Å²) in [6.07, 6.45) is -0.505. The summed E-state index contributed by atoms with van der Waals surface area (Å²) in [5.74, 6) is 0.142. The summed E-state index contributed by atoms with van der Waals surface area (Å²) >= 11 is 0.240. The van der Waals surface area contributed by atoms with Crippen molar-refractivity contribution in [3.05, 3.63) is 12.7 Å². The molecule has 4 rings (SSSR count). The third kappa shape index (κ3) is 5.17. The van der Waals surface area contributed by atoms with Crippen LogP contribution >= 0.6 is 35.8 Å². The number of nitrogens with zero attached hydrogens (tertiary/aromatic N) is 4. The van der Waals surface area contributed by atoms with Crippen LogP contribution in [0.1, 0.15) is 12.6 Å². The third-order valence-electron chi connectivity index (χ3n) is 3.95. The van der Waals surface area contributed by atoms with Crippen molar-refractivity contribution in [2.24, 2.45) is 0 Å². The summed E-state index contributed by atoms with van der Waals surface area (Å²) in [7, 11) is -15.0. The molecule has 2 saturated heterocycles. The zero-order valence-electron chi connectivity index (χ0n) is 14.9. The Balaban J connectivity index is 1.46. The molecule has 31 heavy (non-hydrogen) atoms. The zero-order chi connectivity index (χ0) is 22.4. The van der Waals surface area contributed by atoms with Gasteiger partial charge in [0.1, 0.15) is 24.2 Å². The fourth-order valence-electron chi connectivity index (χ4n) is 2.70. The highest BCUT2D eigenvalue weighted by Gasteiger charge is 2.51. The molecular weight excluding hydrogens is 507 g/mol. The molecule has 0 aromatic carbocycles. The largest absolute Gasteiger partial charge is 0.509 e. The maximum absolute atomic E-state index is 12.5. The van der Waals surface area contributed by atoms with Crippen molar-refractivity contribution in [3.8, 4) is 0 Å². The Morgan fingerprint density at radius 2 is 2.06 bits per heavy atom. The number of hydrogen-bond acceptors (Lipinski definition) is 15. The Kier molecular flexibility index (Phi) is 6.30. The van der Waals surface area contributed by atoms with E-state index in [0.717, 1.165) is 0 Å². The van der Waals surface area contributed by atoms with Gasteiger partial charge in [-0.15, -0.1) is 0 Å². The first-order valence-corrected chi connectivity index (χ1v) is 13.2. The van der Waals surface area contributed by atoms with Crippen molar-refractivity contribution in [3.63, 3.8) is 0 Å². The molecule has 4 atom stereocenters. The first-order valence-electron chi connectivity index (χ1n) is 8.11. The minimum Gasteiger partial charge on any atom is -0.390 e. The van der Waals surface area contributed by atoms with Gasteiger partial charge < -0.3 is 25.4 Å². The molecule has 0 saturated carbocycles. The first-order chi connectivity index (χ1) is 14.5. The number of fused-ring (bicyclic) bond motifs is 1. The fourth-order valence-corrected chi connectivity index (χ4v) is 7.17. The number of hydrogen-bond donors (Lipinski definition) is 4. The molecule has 0 spiro atoms. The number of aliphatic hydroxyl groups excluding tert-OH is 1. The second kappa shape index (κ2) is 8.43. The van der Waals surface area contributed by atoms with Gasteiger partial charge in [-0.1, -0.05) is 0 Å². The number of aliphatic hydroxyl groups is 1. The van der Waals surface area contributed by atoms with Crippen LogP contribution in [0.3, 0.4) is 0 Å². The van der Waals surface area contributed by atoms with Crippen LogP contribution in [0.2, 0.25) is 0 Å². The third-order valence-corrected chi connectivity index (χ3v) is 9.61. The molecule has 2 aliphatic heterocycles. The van der Waals surface area contributed by atoms with Gasteiger partial charge >= 0.3 is 23.5 Å². The van der Waals surface area contributed by atoms with E-state index in [0.29, 0.717) is 11.2 Å². The van der Waals surface area contributed by atoms with Gasteiger partial charge in [-0.3, -0.25) is 9.09 Å². The Labute approximate surface area is 177 Å². The van der Waals surface area contributed by atoms with Crippen LogP contribution in [-0.4, -0.2) is 53.2 Å². The standard InChI is InChI=1S/C10H14N5O12P3S/c11-9-8-10(13-3-12-9)15(4-14-8)7-1-5(16)6(23-7)2-22-29(20,24-28(17,18)19)25-30(21)26-31-27-30/h3-7,16H,1-2H2,(H2,11,12,13)(H2,17,18,19)/t5-,6+,7+,29?/m0/s1. The molecule has 21 heteroatoms. The minimum atomic E-state index is -5.41. The Morgan fingerprint density at radius 1 is 1.32 bits per heavy atom. The number of imidazole rings is 1. The van der Waals surface area contributed by atoms with Crippen LogP contribution in [-0.2, 0) is 39.5 Å². The van der Waals surface area contributed by atoms with E-state index >= 15 is 0 Å². The molecule has 2 aliphatic rings. The monoisotopic (exact) mass is 521 g/mol. The number of nitrogen functional groups attached to an aromatic ring is 1. The number of aromatic nitrogens is 4. The van der Waals surface area contributed by atoms with Crippen molar-refractivity contribution in [2.45, 2.75) is 24.9 Å². The molecule has 172 valence electrons. The number of nitrogens with two attached hydrogens (primary N) is 1. The topological polar surface area (TPSA) is 237 Å². The van der Waals surface area contributed by atoms with Crippen LogP contribution in [0.4, 0.5) is 5.82 Å². The van der Waals surface area contributed by atoms with Gasteiger partial charge in [-0.05, 0) is 0 Å². The van der Waals surface area contributed by atoms with Crippen molar-refractivity contribution in [1.29, 1.82) is 0 Å². The summed E-state index contributed by atoms with van der Waals surface area (Å²) in [5, 5.41) is 10.3. The fraction of sp³-hybridized carbons (Fsp3) is 0.500. The second-order valence-electron chi connectivity index (χ2n) is 6.08.